The second-order valence-electron chi connectivity index (χ2n) is 7.26. The Morgan fingerprint density at radius 2 is 2.03 bits per heavy atom. The predicted octanol–water partition coefficient (Wildman–Crippen LogP) is 4.81. The highest BCUT2D eigenvalue weighted by Crippen LogP contribution is 2.30. The van der Waals surface area contributed by atoms with Crippen molar-refractivity contribution in [2.24, 2.45) is 0 Å². The number of aromatic nitrogens is 3. The number of amides is 1. The number of ether oxygens (including phenoxy) is 1. The number of anilines is 2. The van der Waals surface area contributed by atoms with Crippen molar-refractivity contribution in [1.82, 2.24) is 15.0 Å². The van der Waals surface area contributed by atoms with Crippen molar-refractivity contribution in [3.8, 4) is 5.75 Å². The molecule has 0 bridgehead atoms. The maximum absolute atomic E-state index is 12.8. The van der Waals surface area contributed by atoms with Gasteiger partial charge in [0.25, 0.3) is 5.56 Å². The molecule has 9 nitrogen and oxygen atoms in total. The van der Waals surface area contributed by atoms with Crippen LogP contribution in [0, 0.1) is 0 Å². The molecule has 3 aromatic heterocycles. The maximum atomic E-state index is 12.8. The molecule has 10 heteroatoms. The summed E-state index contributed by atoms with van der Waals surface area (Å²) in [5.74, 6) is 0.862. The van der Waals surface area contributed by atoms with Crippen molar-refractivity contribution >= 4 is 40.1 Å². The number of nitrogens with one attached hydrogen (secondary N) is 3. The van der Waals surface area contributed by atoms with Gasteiger partial charge in [0, 0.05) is 41.2 Å². The Hall–Kier alpha value is -4.11. The molecule has 0 saturated heterocycles. The van der Waals surface area contributed by atoms with Gasteiger partial charge in [0.2, 0.25) is 0 Å². The summed E-state index contributed by atoms with van der Waals surface area (Å²) in [5.41, 5.74) is 1.90. The standard InChI is InChI=1S/C23H20ClN5O4/c1-13(27-21-10-15(5-7-26-21)28-23(31)32)17-8-14-9-18(24)20(11-19(14)29-22(17)30)33-12-16-4-2-3-6-25-16/h2-11,13H,12H2,1H3,(H,29,30)(H,31,32)(H2,26,27,28). The lowest BCUT2D eigenvalue weighted by Gasteiger charge is -2.16. The van der Waals surface area contributed by atoms with Crippen LogP contribution in [0.15, 0.2) is 65.7 Å². The molecule has 33 heavy (non-hydrogen) atoms. The summed E-state index contributed by atoms with van der Waals surface area (Å²) in [7, 11) is 0. The van der Waals surface area contributed by atoms with Gasteiger partial charge in [0.15, 0.2) is 0 Å². The molecule has 0 radical (unpaired) electrons. The topological polar surface area (TPSA) is 129 Å². The summed E-state index contributed by atoms with van der Waals surface area (Å²) in [6.07, 6.45) is 1.98. The number of hydrogen-bond acceptors (Lipinski definition) is 6. The van der Waals surface area contributed by atoms with E-state index in [1.54, 1.807) is 37.4 Å². The van der Waals surface area contributed by atoms with Crippen molar-refractivity contribution in [3.63, 3.8) is 0 Å². The highest BCUT2D eigenvalue weighted by atomic mass is 35.5. The Kier molecular flexibility index (Phi) is 6.41. The van der Waals surface area contributed by atoms with Crippen LogP contribution in [0.2, 0.25) is 5.02 Å². The van der Waals surface area contributed by atoms with Gasteiger partial charge in [-0.1, -0.05) is 17.7 Å². The summed E-state index contributed by atoms with van der Waals surface area (Å²) >= 11 is 6.41. The monoisotopic (exact) mass is 465 g/mol. The molecule has 168 valence electrons. The number of carbonyl (C=O) groups is 1. The zero-order valence-electron chi connectivity index (χ0n) is 17.5. The molecule has 4 aromatic rings. The molecule has 0 spiro atoms. The Labute approximate surface area is 193 Å². The van der Waals surface area contributed by atoms with Crippen LogP contribution in [0.4, 0.5) is 16.3 Å². The fourth-order valence-electron chi connectivity index (χ4n) is 3.30. The van der Waals surface area contributed by atoms with Crippen LogP contribution in [0.5, 0.6) is 5.75 Å². The molecule has 1 unspecified atom stereocenters. The van der Waals surface area contributed by atoms with Crippen molar-refractivity contribution in [2.75, 3.05) is 10.6 Å². The van der Waals surface area contributed by atoms with Crippen molar-refractivity contribution in [2.45, 2.75) is 19.6 Å². The van der Waals surface area contributed by atoms with Gasteiger partial charge in [-0.25, -0.2) is 9.78 Å². The summed E-state index contributed by atoms with van der Waals surface area (Å²) in [6, 6.07) is 13.4. The van der Waals surface area contributed by atoms with Crippen LogP contribution in [-0.2, 0) is 6.61 Å². The highest BCUT2D eigenvalue weighted by molar-refractivity contribution is 6.32. The van der Waals surface area contributed by atoms with E-state index in [-0.39, 0.29) is 12.2 Å². The molecule has 0 saturated carbocycles. The minimum atomic E-state index is -1.17. The summed E-state index contributed by atoms with van der Waals surface area (Å²) in [5, 5.41) is 15.4. The summed E-state index contributed by atoms with van der Waals surface area (Å²) < 4.78 is 5.78. The second-order valence-corrected chi connectivity index (χ2v) is 7.67. The predicted molar refractivity (Wildman–Crippen MR) is 126 cm³/mol. The number of nitrogens with zero attached hydrogens (tertiary/aromatic N) is 2. The fraction of sp³-hybridized carbons (Fsp3) is 0.130. The van der Waals surface area contributed by atoms with E-state index in [0.29, 0.717) is 33.4 Å². The first-order chi connectivity index (χ1) is 15.9. The molecular formula is C23H20ClN5O4. The minimum absolute atomic E-state index is 0.248. The van der Waals surface area contributed by atoms with Crippen molar-refractivity contribution in [3.05, 3.63) is 87.6 Å². The molecule has 4 N–H and O–H groups in total. The number of H-pyrrole nitrogens is 1. The lowest BCUT2D eigenvalue weighted by Crippen LogP contribution is -2.20. The van der Waals surface area contributed by atoms with Crippen LogP contribution in [-0.4, -0.2) is 26.2 Å². The third kappa shape index (κ3) is 5.39. The number of carboxylic acid groups (broad SMARTS) is 1. The molecule has 1 aromatic carbocycles. The first-order valence-corrected chi connectivity index (χ1v) is 10.4. The number of rotatable bonds is 7. The summed E-state index contributed by atoms with van der Waals surface area (Å²) in [4.78, 5) is 34.9. The normalized spacial score (nSPS) is 11.7. The number of fused-ring (bicyclic) bond motifs is 1. The van der Waals surface area contributed by atoms with Crippen LogP contribution in [0.1, 0.15) is 24.2 Å². The third-order valence-corrected chi connectivity index (χ3v) is 5.16. The maximum Gasteiger partial charge on any atom is 0.409 e. The first-order valence-electron chi connectivity index (χ1n) is 10.0. The van der Waals surface area contributed by atoms with E-state index < -0.39 is 12.1 Å². The number of halogens is 1. The number of pyridine rings is 3. The number of hydrogen-bond donors (Lipinski definition) is 4. The average Bonchev–Trinajstić information content (AvgIpc) is 2.78. The Balaban J connectivity index is 1.56. The number of aromatic amines is 1. The van der Waals surface area contributed by atoms with Gasteiger partial charge in [-0.3, -0.25) is 15.1 Å². The van der Waals surface area contributed by atoms with Gasteiger partial charge in [-0.2, -0.15) is 0 Å². The van der Waals surface area contributed by atoms with Crippen LogP contribution in [0.3, 0.4) is 0 Å². The summed E-state index contributed by atoms with van der Waals surface area (Å²) in [6.45, 7) is 2.06. The molecule has 0 aliphatic carbocycles. The van der Waals surface area contributed by atoms with E-state index in [9.17, 15) is 9.59 Å². The minimum Gasteiger partial charge on any atom is -0.486 e. The average molecular weight is 466 g/mol. The van der Waals surface area contributed by atoms with E-state index in [1.165, 1.54) is 12.3 Å². The van der Waals surface area contributed by atoms with Gasteiger partial charge < -0.3 is 20.1 Å². The molecule has 1 amide bonds. The Morgan fingerprint density at radius 1 is 1.18 bits per heavy atom. The van der Waals surface area contributed by atoms with E-state index >= 15 is 0 Å². The smallest absolute Gasteiger partial charge is 0.409 e. The zero-order valence-corrected chi connectivity index (χ0v) is 18.3. The quantitative estimate of drug-likeness (QED) is 0.308. The molecule has 1 atom stereocenters. The van der Waals surface area contributed by atoms with Gasteiger partial charge in [0.05, 0.1) is 22.3 Å². The van der Waals surface area contributed by atoms with Gasteiger partial charge in [-0.05, 0) is 37.3 Å². The van der Waals surface area contributed by atoms with E-state index in [1.807, 2.05) is 18.2 Å². The molecular weight excluding hydrogens is 446 g/mol. The van der Waals surface area contributed by atoms with Crippen LogP contribution >= 0.6 is 11.6 Å². The van der Waals surface area contributed by atoms with Crippen molar-refractivity contribution < 1.29 is 14.6 Å². The SMILES string of the molecule is CC(Nc1cc(NC(=O)O)ccn1)c1cc2cc(Cl)c(OCc3ccccn3)cc2[nH]c1=O. The molecule has 3 heterocycles. The molecule has 0 fully saturated rings. The van der Waals surface area contributed by atoms with Gasteiger partial charge >= 0.3 is 6.09 Å². The lowest BCUT2D eigenvalue weighted by molar-refractivity contribution is 0.210. The molecule has 0 aliphatic heterocycles. The largest absolute Gasteiger partial charge is 0.486 e. The second kappa shape index (κ2) is 9.58. The Bertz CT molecular complexity index is 1360. The van der Waals surface area contributed by atoms with E-state index in [4.69, 9.17) is 21.4 Å². The molecule has 0 aliphatic rings. The van der Waals surface area contributed by atoms with Gasteiger partial charge in [0.1, 0.15) is 18.2 Å². The fourth-order valence-corrected chi connectivity index (χ4v) is 3.53. The molecule has 4 rings (SSSR count). The van der Waals surface area contributed by atoms with Crippen LogP contribution < -0.4 is 20.9 Å². The van der Waals surface area contributed by atoms with E-state index in [2.05, 4.69) is 25.6 Å². The number of benzene rings is 1. The van der Waals surface area contributed by atoms with Crippen LogP contribution in [0.25, 0.3) is 10.9 Å². The van der Waals surface area contributed by atoms with Gasteiger partial charge in [-0.15, -0.1) is 0 Å². The third-order valence-electron chi connectivity index (χ3n) is 4.87. The zero-order chi connectivity index (χ0) is 23.4. The highest BCUT2D eigenvalue weighted by Gasteiger charge is 2.14. The van der Waals surface area contributed by atoms with E-state index in [0.717, 1.165) is 11.1 Å². The first kappa shape index (κ1) is 22.1. The van der Waals surface area contributed by atoms with Crippen molar-refractivity contribution in [1.29, 1.82) is 0 Å². The lowest BCUT2D eigenvalue weighted by atomic mass is 10.1. The Morgan fingerprint density at radius 3 is 2.79 bits per heavy atom.